The average Bonchev–Trinajstić information content (AvgIpc) is 2.60. The lowest BCUT2D eigenvalue weighted by molar-refractivity contribution is -0.119. The minimum atomic E-state index is -0.549. The largest absolute Gasteiger partial charge is 0.495 e. The second-order valence-electron chi connectivity index (χ2n) is 5.42. The lowest BCUT2D eigenvalue weighted by Gasteiger charge is -2.13. The third-order valence-corrected chi connectivity index (χ3v) is 4.03. The van der Waals surface area contributed by atoms with Crippen molar-refractivity contribution >= 4 is 29.1 Å². The van der Waals surface area contributed by atoms with Gasteiger partial charge < -0.3 is 25.3 Å². The van der Waals surface area contributed by atoms with Crippen LogP contribution in [0.3, 0.4) is 0 Å². The maximum atomic E-state index is 10.8. The number of carbonyl (C=O) groups excluding carboxylic acids is 1. The number of primary amides is 1. The van der Waals surface area contributed by atoms with E-state index in [1.165, 1.54) is 7.11 Å². The van der Waals surface area contributed by atoms with E-state index in [9.17, 15) is 4.79 Å². The molecule has 0 aliphatic rings. The van der Waals surface area contributed by atoms with Gasteiger partial charge in [-0.1, -0.05) is 29.3 Å². The fraction of sp³-hybridized carbons (Fsp3) is 0.278. The van der Waals surface area contributed by atoms with E-state index in [0.29, 0.717) is 40.4 Å². The molecule has 0 bridgehead atoms. The number of halogens is 2. The minimum Gasteiger partial charge on any atom is -0.495 e. The van der Waals surface area contributed by atoms with Gasteiger partial charge in [-0.25, -0.2) is 0 Å². The van der Waals surface area contributed by atoms with Gasteiger partial charge in [-0.3, -0.25) is 4.79 Å². The van der Waals surface area contributed by atoms with Crippen molar-refractivity contribution in [3.8, 4) is 17.2 Å². The van der Waals surface area contributed by atoms with Gasteiger partial charge >= 0.3 is 0 Å². The zero-order valence-electron chi connectivity index (χ0n) is 14.5. The molecule has 6 nitrogen and oxygen atoms in total. The smallest absolute Gasteiger partial charge is 0.255 e. The van der Waals surface area contributed by atoms with Gasteiger partial charge in [0.15, 0.2) is 18.1 Å². The Labute approximate surface area is 162 Å². The van der Waals surface area contributed by atoms with Crippen molar-refractivity contribution in [1.82, 2.24) is 5.32 Å². The maximum absolute atomic E-state index is 10.8. The van der Waals surface area contributed by atoms with Crippen LogP contribution in [0.5, 0.6) is 17.2 Å². The molecule has 0 aliphatic heterocycles. The molecule has 26 heavy (non-hydrogen) atoms. The van der Waals surface area contributed by atoms with Crippen LogP contribution in [0, 0.1) is 0 Å². The van der Waals surface area contributed by atoms with E-state index < -0.39 is 5.91 Å². The van der Waals surface area contributed by atoms with E-state index in [-0.39, 0.29) is 6.61 Å². The number of methoxy groups -OCH3 is 2. The van der Waals surface area contributed by atoms with Crippen LogP contribution in [0.25, 0.3) is 0 Å². The summed E-state index contributed by atoms with van der Waals surface area (Å²) in [5.41, 5.74) is 6.92. The van der Waals surface area contributed by atoms with Crippen LogP contribution < -0.4 is 25.3 Å². The van der Waals surface area contributed by atoms with Crippen LogP contribution in [0.1, 0.15) is 11.1 Å². The Morgan fingerprint density at radius 2 is 1.85 bits per heavy atom. The number of benzene rings is 2. The Morgan fingerprint density at radius 1 is 1.08 bits per heavy atom. The van der Waals surface area contributed by atoms with Crippen LogP contribution in [0.2, 0.25) is 10.0 Å². The monoisotopic (exact) mass is 398 g/mol. The fourth-order valence-corrected chi connectivity index (χ4v) is 3.02. The first-order chi connectivity index (χ1) is 12.4. The molecule has 0 saturated carbocycles. The van der Waals surface area contributed by atoms with Gasteiger partial charge in [0.1, 0.15) is 5.75 Å². The minimum absolute atomic E-state index is 0.205. The van der Waals surface area contributed by atoms with Gasteiger partial charge in [-0.05, 0) is 29.8 Å². The Hall–Kier alpha value is -2.15. The van der Waals surface area contributed by atoms with Crippen molar-refractivity contribution < 1.29 is 19.0 Å². The number of hydrogen-bond acceptors (Lipinski definition) is 5. The molecular formula is C18H20Cl2N2O4. The van der Waals surface area contributed by atoms with Crippen molar-refractivity contribution in [3.05, 3.63) is 51.5 Å². The highest BCUT2D eigenvalue weighted by Gasteiger charge is 2.11. The van der Waals surface area contributed by atoms with Gasteiger partial charge in [0.05, 0.1) is 19.2 Å². The number of carbonyl (C=O) groups is 1. The Balaban J connectivity index is 2.03. The van der Waals surface area contributed by atoms with E-state index in [2.05, 4.69) is 5.32 Å². The lowest BCUT2D eigenvalue weighted by Crippen LogP contribution is -2.20. The quantitative estimate of drug-likeness (QED) is 0.677. The average molecular weight is 399 g/mol. The summed E-state index contributed by atoms with van der Waals surface area (Å²) in [7, 11) is 3.09. The first-order valence-electron chi connectivity index (χ1n) is 7.75. The number of hydrogen-bond donors (Lipinski definition) is 2. The van der Waals surface area contributed by atoms with E-state index in [0.717, 1.165) is 11.1 Å². The predicted molar refractivity (Wildman–Crippen MR) is 101 cm³/mol. The standard InChI is InChI=1S/C18H20Cl2N2O4/c1-24-16-5-11(3-4-15(16)26-10-17(21)23)8-22-9-12-6-13(19)7-14(20)18(12)25-2/h3-7,22H,8-10H2,1-2H3,(H2,21,23). The molecule has 2 aromatic carbocycles. The molecule has 0 aromatic heterocycles. The highest BCUT2D eigenvalue weighted by atomic mass is 35.5. The number of nitrogens with two attached hydrogens (primary N) is 1. The van der Waals surface area contributed by atoms with Gasteiger partial charge in [-0.15, -0.1) is 0 Å². The Kier molecular flexibility index (Phi) is 7.38. The number of nitrogens with one attached hydrogen (secondary N) is 1. The van der Waals surface area contributed by atoms with Crippen molar-refractivity contribution in [1.29, 1.82) is 0 Å². The van der Waals surface area contributed by atoms with Crippen LogP contribution >= 0.6 is 23.2 Å². The SMILES string of the molecule is COc1cc(CNCc2cc(Cl)cc(Cl)c2OC)ccc1OCC(N)=O. The molecule has 3 N–H and O–H groups in total. The summed E-state index contributed by atoms with van der Waals surface area (Å²) >= 11 is 12.2. The summed E-state index contributed by atoms with van der Waals surface area (Å²) < 4.78 is 15.9. The van der Waals surface area contributed by atoms with E-state index in [4.69, 9.17) is 43.1 Å². The molecule has 0 heterocycles. The molecule has 1 amide bonds. The highest BCUT2D eigenvalue weighted by molar-refractivity contribution is 6.35. The zero-order valence-corrected chi connectivity index (χ0v) is 16.0. The van der Waals surface area contributed by atoms with Gasteiger partial charge in [-0.2, -0.15) is 0 Å². The van der Waals surface area contributed by atoms with Crippen LogP contribution in [-0.4, -0.2) is 26.7 Å². The summed E-state index contributed by atoms with van der Waals surface area (Å²) in [6.07, 6.45) is 0. The Morgan fingerprint density at radius 3 is 2.50 bits per heavy atom. The van der Waals surface area contributed by atoms with Crippen molar-refractivity contribution in [2.45, 2.75) is 13.1 Å². The molecule has 0 aliphatic carbocycles. The van der Waals surface area contributed by atoms with Gasteiger partial charge in [0.25, 0.3) is 5.91 Å². The third kappa shape index (κ3) is 5.42. The molecule has 0 radical (unpaired) electrons. The summed E-state index contributed by atoms with van der Waals surface area (Å²) in [4.78, 5) is 10.8. The maximum Gasteiger partial charge on any atom is 0.255 e. The molecule has 140 valence electrons. The molecule has 2 aromatic rings. The predicted octanol–water partition coefficient (Wildman–Crippen LogP) is 3.16. The Bertz CT molecular complexity index is 784. The van der Waals surface area contributed by atoms with Gasteiger partial charge in [0, 0.05) is 23.7 Å². The normalized spacial score (nSPS) is 10.5. The van der Waals surface area contributed by atoms with Crippen molar-refractivity contribution in [2.75, 3.05) is 20.8 Å². The molecule has 0 saturated heterocycles. The molecule has 0 fully saturated rings. The molecule has 0 unspecified atom stereocenters. The lowest BCUT2D eigenvalue weighted by atomic mass is 10.1. The molecule has 0 atom stereocenters. The number of ether oxygens (including phenoxy) is 3. The second kappa shape index (κ2) is 9.52. The second-order valence-corrected chi connectivity index (χ2v) is 6.27. The zero-order chi connectivity index (χ0) is 19.1. The molecular weight excluding hydrogens is 379 g/mol. The van der Waals surface area contributed by atoms with E-state index in [1.54, 1.807) is 25.3 Å². The van der Waals surface area contributed by atoms with E-state index in [1.807, 2.05) is 12.1 Å². The first-order valence-corrected chi connectivity index (χ1v) is 8.50. The van der Waals surface area contributed by atoms with Crippen molar-refractivity contribution in [3.63, 3.8) is 0 Å². The summed E-state index contributed by atoms with van der Waals surface area (Å²) in [6, 6.07) is 8.87. The fourth-order valence-electron chi connectivity index (χ4n) is 2.41. The van der Waals surface area contributed by atoms with Crippen molar-refractivity contribution in [2.24, 2.45) is 5.73 Å². The first kappa shape index (κ1) is 20.2. The molecule has 8 heteroatoms. The molecule has 2 rings (SSSR count). The highest BCUT2D eigenvalue weighted by Crippen LogP contribution is 2.32. The van der Waals surface area contributed by atoms with Crippen LogP contribution in [0.4, 0.5) is 0 Å². The topological polar surface area (TPSA) is 82.8 Å². The third-order valence-electron chi connectivity index (χ3n) is 3.53. The van der Waals surface area contributed by atoms with Crippen LogP contribution in [-0.2, 0) is 17.9 Å². The number of amides is 1. The molecule has 0 spiro atoms. The summed E-state index contributed by atoms with van der Waals surface area (Å²) in [6.45, 7) is 0.884. The van der Waals surface area contributed by atoms with Gasteiger partial charge in [0.2, 0.25) is 0 Å². The summed E-state index contributed by atoms with van der Waals surface area (Å²) in [5, 5.41) is 4.31. The number of rotatable bonds is 9. The summed E-state index contributed by atoms with van der Waals surface area (Å²) in [5.74, 6) is 1.02. The van der Waals surface area contributed by atoms with Crippen LogP contribution in [0.15, 0.2) is 30.3 Å². The van der Waals surface area contributed by atoms with E-state index >= 15 is 0 Å².